The molecule has 0 heterocycles. The van der Waals surface area contributed by atoms with Crippen molar-refractivity contribution in [2.75, 3.05) is 13.2 Å². The summed E-state index contributed by atoms with van der Waals surface area (Å²) in [5.41, 5.74) is 0.381. The van der Waals surface area contributed by atoms with Crippen LogP contribution in [0.2, 0.25) is 0 Å². The summed E-state index contributed by atoms with van der Waals surface area (Å²) >= 11 is 3.26. The molecule has 0 saturated heterocycles. The van der Waals surface area contributed by atoms with Crippen LogP contribution in [0, 0.1) is 11.7 Å². The van der Waals surface area contributed by atoms with Crippen LogP contribution in [-0.2, 0) is 16.1 Å². The largest absolute Gasteiger partial charge is 0.395 e. The zero-order valence-corrected chi connectivity index (χ0v) is 12.4. The average Bonchev–Trinajstić information content (AvgIpc) is 2.38. The zero-order chi connectivity index (χ0) is 14.7. The summed E-state index contributed by atoms with van der Waals surface area (Å²) in [5.74, 6) is -0.836. The SMILES string of the molecule is O=C1CC(C(=O)N(CCO)Cc2cc(Br)ccc2F)C1. The molecule has 1 aromatic carbocycles. The molecule has 1 amide bonds. The lowest BCUT2D eigenvalue weighted by Crippen LogP contribution is -2.43. The highest BCUT2D eigenvalue weighted by Gasteiger charge is 2.35. The minimum Gasteiger partial charge on any atom is -0.395 e. The summed E-state index contributed by atoms with van der Waals surface area (Å²) in [6.07, 6.45) is 0.503. The fourth-order valence-electron chi connectivity index (χ4n) is 2.18. The van der Waals surface area contributed by atoms with E-state index in [0.29, 0.717) is 5.56 Å². The third-order valence-electron chi connectivity index (χ3n) is 3.35. The lowest BCUT2D eigenvalue weighted by molar-refractivity contribution is -0.145. The average molecular weight is 344 g/mol. The molecular weight excluding hydrogens is 329 g/mol. The monoisotopic (exact) mass is 343 g/mol. The van der Waals surface area contributed by atoms with Crippen LogP contribution in [0.1, 0.15) is 18.4 Å². The number of halogens is 2. The van der Waals surface area contributed by atoms with E-state index in [0.717, 1.165) is 4.47 Å². The first-order valence-electron chi connectivity index (χ1n) is 6.36. The van der Waals surface area contributed by atoms with E-state index in [9.17, 15) is 14.0 Å². The summed E-state index contributed by atoms with van der Waals surface area (Å²) in [7, 11) is 0. The highest BCUT2D eigenvalue weighted by atomic mass is 79.9. The standard InChI is InChI=1S/C14H15BrFNO3/c15-11-1-2-13(16)10(5-11)8-17(3-4-18)14(20)9-6-12(19)7-9/h1-2,5,9,18H,3-4,6-8H2. The van der Waals surface area contributed by atoms with Gasteiger partial charge in [-0.3, -0.25) is 9.59 Å². The molecule has 0 radical (unpaired) electrons. The molecule has 0 unspecified atom stereocenters. The maximum atomic E-state index is 13.7. The van der Waals surface area contributed by atoms with E-state index in [1.54, 1.807) is 12.1 Å². The van der Waals surface area contributed by atoms with Gasteiger partial charge in [0.1, 0.15) is 11.6 Å². The Kier molecular flexibility index (Phi) is 4.88. The van der Waals surface area contributed by atoms with Crippen LogP contribution >= 0.6 is 15.9 Å². The predicted molar refractivity (Wildman–Crippen MR) is 74.3 cm³/mol. The summed E-state index contributed by atoms with van der Waals surface area (Å²) in [5, 5.41) is 9.05. The fourth-order valence-corrected chi connectivity index (χ4v) is 2.59. The Morgan fingerprint density at radius 2 is 2.15 bits per heavy atom. The molecule has 108 valence electrons. The van der Waals surface area contributed by atoms with Gasteiger partial charge in [0.05, 0.1) is 12.5 Å². The van der Waals surface area contributed by atoms with Crippen molar-refractivity contribution in [3.63, 3.8) is 0 Å². The van der Waals surface area contributed by atoms with E-state index in [1.807, 2.05) is 0 Å². The number of carbonyl (C=O) groups excluding carboxylic acids is 2. The second kappa shape index (κ2) is 6.45. The normalized spacial score (nSPS) is 15.1. The van der Waals surface area contributed by atoms with Crippen LogP contribution in [0.15, 0.2) is 22.7 Å². The molecule has 1 N–H and O–H groups in total. The predicted octanol–water partition coefficient (Wildman–Crippen LogP) is 1.89. The second-order valence-corrected chi connectivity index (χ2v) is 5.78. The number of ketones is 1. The Morgan fingerprint density at radius 3 is 2.75 bits per heavy atom. The van der Waals surface area contributed by atoms with Gasteiger partial charge >= 0.3 is 0 Å². The number of aliphatic hydroxyl groups excluding tert-OH is 1. The van der Waals surface area contributed by atoms with Crippen LogP contribution in [0.5, 0.6) is 0 Å². The third-order valence-corrected chi connectivity index (χ3v) is 3.84. The number of amides is 1. The molecule has 0 aromatic heterocycles. The molecule has 0 aliphatic heterocycles. The molecule has 1 saturated carbocycles. The Labute approximate surface area is 124 Å². The number of nitrogens with zero attached hydrogens (tertiary/aromatic N) is 1. The molecule has 2 rings (SSSR count). The first-order chi connectivity index (χ1) is 9.51. The van der Waals surface area contributed by atoms with Gasteiger partial charge in [-0.2, -0.15) is 0 Å². The van der Waals surface area contributed by atoms with Gasteiger partial charge in [0.15, 0.2) is 0 Å². The van der Waals surface area contributed by atoms with Crippen molar-refractivity contribution in [2.45, 2.75) is 19.4 Å². The molecule has 1 aliphatic carbocycles. The number of hydrogen-bond donors (Lipinski definition) is 1. The number of rotatable bonds is 5. The Balaban J connectivity index is 2.10. The highest BCUT2D eigenvalue weighted by Crippen LogP contribution is 2.26. The highest BCUT2D eigenvalue weighted by molar-refractivity contribution is 9.10. The fraction of sp³-hybridized carbons (Fsp3) is 0.429. The van der Waals surface area contributed by atoms with Crippen molar-refractivity contribution in [2.24, 2.45) is 5.92 Å². The van der Waals surface area contributed by atoms with Gasteiger partial charge in [0.2, 0.25) is 5.91 Å². The molecule has 0 spiro atoms. The van der Waals surface area contributed by atoms with Crippen molar-refractivity contribution >= 4 is 27.6 Å². The lowest BCUT2D eigenvalue weighted by Gasteiger charge is -2.30. The van der Waals surface area contributed by atoms with Crippen LogP contribution in [-0.4, -0.2) is 34.8 Å². The number of hydrogen-bond acceptors (Lipinski definition) is 3. The first-order valence-corrected chi connectivity index (χ1v) is 7.16. The third kappa shape index (κ3) is 3.43. The number of benzene rings is 1. The Hall–Kier alpha value is -1.27. The molecule has 1 aromatic rings. The molecular formula is C14H15BrFNO3. The molecule has 0 atom stereocenters. The van der Waals surface area contributed by atoms with E-state index < -0.39 is 5.82 Å². The molecule has 20 heavy (non-hydrogen) atoms. The Bertz CT molecular complexity index is 527. The van der Waals surface area contributed by atoms with Crippen LogP contribution in [0.3, 0.4) is 0 Å². The minimum absolute atomic E-state index is 0.0703. The molecule has 0 bridgehead atoms. The van der Waals surface area contributed by atoms with E-state index >= 15 is 0 Å². The van der Waals surface area contributed by atoms with Crippen molar-refractivity contribution in [3.05, 3.63) is 34.1 Å². The molecule has 6 heteroatoms. The van der Waals surface area contributed by atoms with Gasteiger partial charge in [-0.1, -0.05) is 15.9 Å². The number of aliphatic hydroxyl groups is 1. The number of carbonyl (C=O) groups is 2. The quantitative estimate of drug-likeness (QED) is 0.888. The van der Waals surface area contributed by atoms with Gasteiger partial charge in [-0.25, -0.2) is 4.39 Å². The van der Waals surface area contributed by atoms with Gasteiger partial charge < -0.3 is 10.0 Å². The summed E-state index contributed by atoms with van der Waals surface area (Å²) < 4.78 is 14.4. The lowest BCUT2D eigenvalue weighted by atomic mass is 9.83. The van der Waals surface area contributed by atoms with E-state index in [-0.39, 0.29) is 50.1 Å². The van der Waals surface area contributed by atoms with E-state index in [2.05, 4.69) is 15.9 Å². The van der Waals surface area contributed by atoms with Gasteiger partial charge in [0, 0.05) is 36.0 Å². The van der Waals surface area contributed by atoms with Gasteiger partial charge in [-0.15, -0.1) is 0 Å². The molecule has 1 fully saturated rings. The van der Waals surface area contributed by atoms with Crippen molar-refractivity contribution < 1.29 is 19.1 Å². The summed E-state index contributed by atoms with van der Waals surface area (Å²) in [6.45, 7) is 0.0346. The second-order valence-electron chi connectivity index (χ2n) is 4.86. The summed E-state index contributed by atoms with van der Waals surface area (Å²) in [6, 6.07) is 4.52. The summed E-state index contributed by atoms with van der Waals surface area (Å²) in [4.78, 5) is 24.6. The topological polar surface area (TPSA) is 57.6 Å². The molecule has 1 aliphatic rings. The van der Waals surface area contributed by atoms with E-state index in [4.69, 9.17) is 5.11 Å². The number of Topliss-reactive ketones (excluding diaryl/α,β-unsaturated/α-hetero) is 1. The van der Waals surface area contributed by atoms with Crippen LogP contribution < -0.4 is 0 Å². The van der Waals surface area contributed by atoms with Crippen LogP contribution in [0.25, 0.3) is 0 Å². The van der Waals surface area contributed by atoms with Crippen molar-refractivity contribution in [1.82, 2.24) is 4.90 Å². The zero-order valence-electron chi connectivity index (χ0n) is 10.8. The molecule has 4 nitrogen and oxygen atoms in total. The van der Waals surface area contributed by atoms with Gasteiger partial charge in [0.25, 0.3) is 0 Å². The van der Waals surface area contributed by atoms with Crippen LogP contribution in [0.4, 0.5) is 4.39 Å². The van der Waals surface area contributed by atoms with Crippen molar-refractivity contribution in [3.8, 4) is 0 Å². The van der Waals surface area contributed by atoms with Crippen molar-refractivity contribution in [1.29, 1.82) is 0 Å². The van der Waals surface area contributed by atoms with E-state index in [1.165, 1.54) is 11.0 Å². The first kappa shape index (κ1) is 15.1. The Morgan fingerprint density at radius 1 is 1.45 bits per heavy atom. The maximum absolute atomic E-state index is 13.7. The maximum Gasteiger partial charge on any atom is 0.226 e. The van der Waals surface area contributed by atoms with Gasteiger partial charge in [-0.05, 0) is 18.2 Å². The minimum atomic E-state index is -0.395. The smallest absolute Gasteiger partial charge is 0.226 e.